The Labute approximate surface area is 172 Å². The summed E-state index contributed by atoms with van der Waals surface area (Å²) < 4.78 is 40.7. The number of halogens is 2. The van der Waals surface area contributed by atoms with Gasteiger partial charge in [0.2, 0.25) is 0 Å². The number of likely N-dealkylation sites (N-methyl/N-ethyl adjacent to an activating group) is 2. The summed E-state index contributed by atoms with van der Waals surface area (Å²) in [6, 6.07) is 0.222. The van der Waals surface area contributed by atoms with Crippen LogP contribution in [0.25, 0.3) is 0 Å². The molecule has 1 saturated carbocycles. The van der Waals surface area contributed by atoms with E-state index in [9.17, 15) is 8.78 Å². The first-order valence-electron chi connectivity index (χ1n) is 10.6. The molecule has 0 saturated heterocycles. The molecule has 6 nitrogen and oxygen atoms in total. The van der Waals surface area contributed by atoms with Crippen LogP contribution in [0.1, 0.15) is 48.6 Å². The number of hydrogen-bond acceptors (Lipinski definition) is 5. The lowest BCUT2D eigenvalue weighted by Gasteiger charge is -2.39. The molecule has 3 rings (SSSR count). The Morgan fingerprint density at radius 2 is 1.83 bits per heavy atom. The Kier molecular flexibility index (Phi) is 7.30. The van der Waals surface area contributed by atoms with Gasteiger partial charge in [0.1, 0.15) is 6.54 Å². The number of nitrogens with zero attached hydrogens (tertiary/aromatic N) is 2. The molecule has 166 valence electrons. The van der Waals surface area contributed by atoms with Crippen molar-refractivity contribution in [3.63, 3.8) is 0 Å². The highest BCUT2D eigenvalue weighted by molar-refractivity contribution is 5.34. The SMILES string of the molecule is CNCC(Cc1nn2c(c1C1CCC(COC)(COC)CC1)CC(F)(F)C2)NC. The maximum Gasteiger partial charge on any atom is 0.272 e. The molecule has 8 heteroatoms. The van der Waals surface area contributed by atoms with Gasteiger partial charge in [-0.2, -0.15) is 5.10 Å². The molecule has 0 aromatic carbocycles. The molecule has 0 radical (unpaired) electrons. The van der Waals surface area contributed by atoms with Crippen LogP contribution < -0.4 is 10.6 Å². The minimum Gasteiger partial charge on any atom is -0.384 e. The summed E-state index contributed by atoms with van der Waals surface area (Å²) >= 11 is 0. The summed E-state index contributed by atoms with van der Waals surface area (Å²) in [5.41, 5.74) is 2.85. The average Bonchev–Trinajstić information content (AvgIpc) is 3.13. The fraction of sp³-hybridized carbons (Fsp3) is 0.857. The second kappa shape index (κ2) is 9.37. The van der Waals surface area contributed by atoms with E-state index < -0.39 is 5.92 Å². The van der Waals surface area contributed by atoms with Gasteiger partial charge in [-0.1, -0.05) is 0 Å². The zero-order valence-electron chi connectivity index (χ0n) is 18.2. The van der Waals surface area contributed by atoms with Crippen molar-refractivity contribution in [1.82, 2.24) is 20.4 Å². The second-order valence-electron chi connectivity index (χ2n) is 8.89. The Hall–Kier alpha value is -1.09. The highest BCUT2D eigenvalue weighted by Gasteiger charge is 2.44. The van der Waals surface area contributed by atoms with E-state index in [4.69, 9.17) is 9.47 Å². The highest BCUT2D eigenvalue weighted by atomic mass is 19.3. The van der Waals surface area contributed by atoms with Gasteiger partial charge in [-0.3, -0.25) is 4.68 Å². The molecule has 1 aromatic rings. The van der Waals surface area contributed by atoms with E-state index in [1.165, 1.54) is 0 Å². The summed E-state index contributed by atoms with van der Waals surface area (Å²) in [5, 5.41) is 11.2. The number of fused-ring (bicyclic) bond motifs is 1. The van der Waals surface area contributed by atoms with Gasteiger partial charge in [0.05, 0.1) is 25.3 Å². The number of alkyl halides is 2. The minimum atomic E-state index is -2.69. The van der Waals surface area contributed by atoms with E-state index in [0.29, 0.717) is 13.2 Å². The van der Waals surface area contributed by atoms with Crippen LogP contribution in [0.3, 0.4) is 0 Å². The number of rotatable bonds is 10. The Balaban J connectivity index is 1.84. The summed E-state index contributed by atoms with van der Waals surface area (Å²) in [4.78, 5) is 0. The van der Waals surface area contributed by atoms with Crippen molar-refractivity contribution < 1.29 is 18.3 Å². The maximum absolute atomic E-state index is 14.1. The van der Waals surface area contributed by atoms with Crippen LogP contribution >= 0.6 is 0 Å². The van der Waals surface area contributed by atoms with Crippen molar-refractivity contribution in [1.29, 1.82) is 0 Å². The summed E-state index contributed by atoms with van der Waals surface area (Å²) in [6.07, 6.45) is 4.43. The van der Waals surface area contributed by atoms with Crippen LogP contribution in [0.4, 0.5) is 8.78 Å². The smallest absolute Gasteiger partial charge is 0.272 e. The summed E-state index contributed by atoms with van der Waals surface area (Å²) in [6.45, 7) is 1.86. The van der Waals surface area contributed by atoms with E-state index in [0.717, 1.165) is 55.6 Å². The van der Waals surface area contributed by atoms with Crippen LogP contribution in [0, 0.1) is 5.41 Å². The zero-order chi connectivity index (χ0) is 21.1. The van der Waals surface area contributed by atoms with E-state index in [-0.39, 0.29) is 30.3 Å². The first kappa shape index (κ1) is 22.6. The molecule has 1 atom stereocenters. The molecule has 1 unspecified atom stereocenters. The van der Waals surface area contributed by atoms with Crippen LogP contribution in [0.2, 0.25) is 0 Å². The number of aromatic nitrogens is 2. The normalized spacial score (nSPS) is 22.0. The molecule has 2 N–H and O–H groups in total. The van der Waals surface area contributed by atoms with Crippen LogP contribution in [-0.4, -0.2) is 69.8 Å². The first-order chi connectivity index (χ1) is 13.9. The first-order valence-corrected chi connectivity index (χ1v) is 10.6. The van der Waals surface area contributed by atoms with Crippen molar-refractivity contribution in [2.24, 2.45) is 5.41 Å². The molecule has 1 aliphatic carbocycles. The van der Waals surface area contributed by atoms with E-state index in [2.05, 4.69) is 15.7 Å². The van der Waals surface area contributed by atoms with Crippen molar-refractivity contribution in [2.75, 3.05) is 48.1 Å². The minimum absolute atomic E-state index is 0.0279. The Bertz CT molecular complexity index is 664. The third-order valence-corrected chi connectivity index (χ3v) is 6.64. The number of hydrogen-bond donors (Lipinski definition) is 2. The molecule has 29 heavy (non-hydrogen) atoms. The standard InChI is InChI=1S/C21H36F2N4O2/c1-24-11-16(25-2)9-17-19(18-10-21(22,23)12-27(18)26-17)15-5-7-20(8-6-15,13-28-3)14-29-4/h15-16,24-25H,5-14H2,1-4H3. The number of ether oxygens (including phenoxy) is 2. The lowest BCUT2D eigenvalue weighted by atomic mass is 9.69. The lowest BCUT2D eigenvalue weighted by molar-refractivity contribution is -0.0172. The molecule has 0 amide bonds. The van der Waals surface area contributed by atoms with Gasteiger partial charge in [0, 0.05) is 44.3 Å². The van der Waals surface area contributed by atoms with Crippen molar-refractivity contribution >= 4 is 0 Å². The number of methoxy groups -OCH3 is 2. The summed E-state index contributed by atoms with van der Waals surface area (Å²) in [5.74, 6) is -2.41. The number of nitrogens with one attached hydrogen (secondary N) is 2. The molecule has 1 aliphatic heterocycles. The van der Waals surface area contributed by atoms with Crippen LogP contribution in [0.15, 0.2) is 0 Å². The quantitative estimate of drug-likeness (QED) is 0.616. The van der Waals surface area contributed by atoms with Gasteiger partial charge in [0.25, 0.3) is 5.92 Å². The second-order valence-corrected chi connectivity index (χ2v) is 8.89. The van der Waals surface area contributed by atoms with Crippen molar-refractivity contribution in [3.8, 4) is 0 Å². The lowest BCUT2D eigenvalue weighted by Crippen LogP contribution is -2.38. The average molecular weight is 415 g/mol. The van der Waals surface area contributed by atoms with E-state index >= 15 is 0 Å². The maximum atomic E-state index is 14.1. The topological polar surface area (TPSA) is 60.3 Å². The molecular weight excluding hydrogens is 378 g/mol. The van der Waals surface area contributed by atoms with E-state index in [1.54, 1.807) is 18.9 Å². The molecule has 0 bridgehead atoms. The fourth-order valence-electron chi connectivity index (χ4n) is 5.24. The monoisotopic (exact) mass is 414 g/mol. The van der Waals surface area contributed by atoms with Crippen molar-refractivity contribution in [3.05, 3.63) is 17.0 Å². The molecule has 1 fully saturated rings. The van der Waals surface area contributed by atoms with Gasteiger partial charge in [0.15, 0.2) is 0 Å². The molecule has 2 aliphatic rings. The predicted molar refractivity (Wildman–Crippen MR) is 109 cm³/mol. The third-order valence-electron chi connectivity index (χ3n) is 6.64. The van der Waals surface area contributed by atoms with E-state index in [1.807, 2.05) is 14.1 Å². The van der Waals surface area contributed by atoms with Gasteiger partial charge >= 0.3 is 0 Å². The van der Waals surface area contributed by atoms with Gasteiger partial charge in [-0.15, -0.1) is 0 Å². The molecule has 0 spiro atoms. The van der Waals surface area contributed by atoms with Gasteiger partial charge in [-0.05, 0) is 51.3 Å². The van der Waals surface area contributed by atoms with Gasteiger partial charge < -0.3 is 20.1 Å². The Morgan fingerprint density at radius 1 is 1.17 bits per heavy atom. The molecular formula is C21H36F2N4O2. The summed E-state index contributed by atoms with van der Waals surface area (Å²) in [7, 11) is 7.32. The van der Waals surface area contributed by atoms with Crippen molar-refractivity contribution in [2.45, 2.75) is 63.0 Å². The molecule has 2 heterocycles. The van der Waals surface area contributed by atoms with Crippen LogP contribution in [0.5, 0.6) is 0 Å². The van der Waals surface area contributed by atoms with Crippen LogP contribution in [-0.2, 0) is 28.9 Å². The van der Waals surface area contributed by atoms with Gasteiger partial charge in [-0.25, -0.2) is 8.78 Å². The predicted octanol–water partition coefficient (Wildman–Crippen LogP) is 2.36. The Morgan fingerprint density at radius 3 is 2.38 bits per heavy atom. The fourth-order valence-corrected chi connectivity index (χ4v) is 5.24. The molecule has 1 aromatic heterocycles. The highest BCUT2D eigenvalue weighted by Crippen LogP contribution is 2.47. The zero-order valence-corrected chi connectivity index (χ0v) is 18.2. The third kappa shape index (κ3) is 4.98. The largest absolute Gasteiger partial charge is 0.384 e.